The van der Waals surface area contributed by atoms with Crippen LogP contribution in [0.1, 0.15) is 0 Å². The molecule has 2 aromatic carbocycles. The fourth-order valence-corrected chi connectivity index (χ4v) is 2.18. The highest BCUT2D eigenvalue weighted by Gasteiger charge is 2.11. The van der Waals surface area contributed by atoms with Gasteiger partial charge in [0.15, 0.2) is 5.69 Å². The summed E-state index contributed by atoms with van der Waals surface area (Å²) in [5.74, 6) is -1.03. The molecule has 0 fully saturated rings. The number of aromatic hydroxyl groups is 1. The highest BCUT2D eigenvalue weighted by atomic mass is 32.1. The summed E-state index contributed by atoms with van der Waals surface area (Å²) in [5.41, 5.74) is 1.11. The molecule has 0 aliphatic carbocycles. The van der Waals surface area contributed by atoms with Crippen molar-refractivity contribution in [3.8, 4) is 5.88 Å². The lowest BCUT2D eigenvalue weighted by atomic mass is 10.2. The molecule has 1 heterocycles. The molecule has 0 amide bonds. The zero-order valence-electron chi connectivity index (χ0n) is 11.5. The molecule has 5 nitrogen and oxygen atoms in total. The smallest absolute Gasteiger partial charge is 0.218 e. The molecular weight excluding hydrogens is 322 g/mol. The van der Waals surface area contributed by atoms with E-state index in [0.29, 0.717) is 16.6 Å². The van der Waals surface area contributed by atoms with Crippen LogP contribution in [0, 0.1) is 11.6 Å². The molecule has 0 saturated carbocycles. The van der Waals surface area contributed by atoms with Crippen molar-refractivity contribution in [2.24, 2.45) is 10.2 Å². The molecule has 0 aliphatic heterocycles. The first-order valence-corrected chi connectivity index (χ1v) is 6.92. The van der Waals surface area contributed by atoms with Crippen molar-refractivity contribution in [3.05, 3.63) is 54.1 Å². The van der Waals surface area contributed by atoms with Gasteiger partial charge in [-0.1, -0.05) is 0 Å². The first kappa shape index (κ1) is 15.0. The second-order valence-electron chi connectivity index (χ2n) is 4.65. The van der Waals surface area contributed by atoms with E-state index >= 15 is 0 Å². The van der Waals surface area contributed by atoms with E-state index in [1.165, 1.54) is 42.5 Å². The maximum atomic E-state index is 13.1. The van der Waals surface area contributed by atoms with Gasteiger partial charge in [0, 0.05) is 11.1 Å². The average Bonchev–Trinajstić information content (AvgIpc) is 2.82. The molecule has 0 radical (unpaired) electrons. The zero-order chi connectivity index (χ0) is 16.4. The summed E-state index contributed by atoms with van der Waals surface area (Å²) in [7, 11) is 0. The van der Waals surface area contributed by atoms with Crippen LogP contribution in [0.25, 0.3) is 10.9 Å². The largest absolute Gasteiger partial charge is 0.493 e. The fourth-order valence-electron chi connectivity index (χ4n) is 2.02. The van der Waals surface area contributed by atoms with Crippen LogP contribution in [0.3, 0.4) is 0 Å². The van der Waals surface area contributed by atoms with Gasteiger partial charge in [0.2, 0.25) is 11.0 Å². The molecular formula is C15H10F2N4OS. The van der Waals surface area contributed by atoms with Crippen molar-refractivity contribution >= 4 is 39.6 Å². The third-order valence-electron chi connectivity index (χ3n) is 3.05. The van der Waals surface area contributed by atoms with Gasteiger partial charge >= 0.3 is 0 Å². The number of aromatic nitrogens is 1. The van der Waals surface area contributed by atoms with Gasteiger partial charge in [0.05, 0.1) is 5.52 Å². The molecule has 1 aromatic heterocycles. The molecule has 8 heteroatoms. The molecule has 0 atom stereocenters. The normalized spacial score (nSPS) is 11.2. The molecule has 3 aromatic rings. The van der Waals surface area contributed by atoms with E-state index in [4.69, 9.17) is 12.2 Å². The quantitative estimate of drug-likeness (QED) is 0.473. The Labute approximate surface area is 134 Å². The fraction of sp³-hybridized carbons (Fsp3) is 0. The number of anilines is 1. The van der Waals surface area contributed by atoms with E-state index in [2.05, 4.69) is 20.5 Å². The molecule has 23 heavy (non-hydrogen) atoms. The number of hydrogen-bond acceptors (Lipinski definition) is 3. The van der Waals surface area contributed by atoms with Gasteiger partial charge in [-0.05, 0) is 54.7 Å². The van der Waals surface area contributed by atoms with Gasteiger partial charge < -0.3 is 15.4 Å². The van der Waals surface area contributed by atoms with Gasteiger partial charge in [-0.2, -0.15) is 0 Å². The summed E-state index contributed by atoms with van der Waals surface area (Å²) >= 11 is 5.01. The van der Waals surface area contributed by atoms with E-state index in [-0.39, 0.29) is 22.5 Å². The molecule has 116 valence electrons. The topological polar surface area (TPSA) is 72.8 Å². The van der Waals surface area contributed by atoms with Crippen molar-refractivity contribution in [1.29, 1.82) is 0 Å². The first-order chi connectivity index (χ1) is 11.0. The Morgan fingerprint density at radius 2 is 1.78 bits per heavy atom. The van der Waals surface area contributed by atoms with Crippen LogP contribution >= 0.6 is 12.2 Å². The predicted molar refractivity (Wildman–Crippen MR) is 87.1 cm³/mol. The van der Waals surface area contributed by atoms with Crippen molar-refractivity contribution in [2.45, 2.75) is 0 Å². The van der Waals surface area contributed by atoms with Crippen molar-refractivity contribution in [2.75, 3.05) is 5.32 Å². The highest BCUT2D eigenvalue weighted by molar-refractivity contribution is 7.80. The lowest BCUT2D eigenvalue weighted by Gasteiger charge is -2.02. The standard InChI is InChI=1S/C15H10F2N4OS/c16-8-1-4-10(5-2-8)18-15(23)21-20-13-11-6-3-9(17)7-12(11)19-14(13)22/h1-7,19,22H,(H,18,23). The Bertz CT molecular complexity index is 906. The Balaban J connectivity index is 1.81. The van der Waals surface area contributed by atoms with Crippen LogP contribution in [0.15, 0.2) is 52.7 Å². The SMILES string of the molecule is Oc1[nH]c2cc(F)ccc2c1N=NC(=S)Nc1ccc(F)cc1. The molecule has 0 bridgehead atoms. The summed E-state index contributed by atoms with van der Waals surface area (Å²) in [4.78, 5) is 2.60. The molecule has 0 aliphatic rings. The number of hydrogen-bond donors (Lipinski definition) is 3. The molecule has 0 saturated heterocycles. The molecule has 3 N–H and O–H groups in total. The summed E-state index contributed by atoms with van der Waals surface area (Å²) in [6.07, 6.45) is 0. The summed E-state index contributed by atoms with van der Waals surface area (Å²) in [6, 6.07) is 9.54. The number of H-pyrrole nitrogens is 1. The van der Waals surface area contributed by atoms with Crippen LogP contribution in [0.4, 0.5) is 20.2 Å². The minimum absolute atomic E-state index is 0.0347. The number of fused-ring (bicyclic) bond motifs is 1. The van der Waals surface area contributed by atoms with Crippen molar-refractivity contribution < 1.29 is 13.9 Å². The number of thiocarbonyl (C=S) groups is 1. The van der Waals surface area contributed by atoms with Crippen LogP contribution in [0.2, 0.25) is 0 Å². The van der Waals surface area contributed by atoms with E-state index in [0.717, 1.165) is 0 Å². The van der Waals surface area contributed by atoms with E-state index in [9.17, 15) is 13.9 Å². The lowest BCUT2D eigenvalue weighted by Crippen LogP contribution is -2.04. The summed E-state index contributed by atoms with van der Waals surface area (Å²) < 4.78 is 26.0. The van der Waals surface area contributed by atoms with E-state index in [1.54, 1.807) is 0 Å². The van der Waals surface area contributed by atoms with Gasteiger partial charge in [0.1, 0.15) is 11.6 Å². The number of rotatable bonds is 2. The Kier molecular flexibility index (Phi) is 3.98. The molecule has 0 spiro atoms. The Morgan fingerprint density at radius 1 is 1.09 bits per heavy atom. The summed E-state index contributed by atoms with van der Waals surface area (Å²) in [6.45, 7) is 0. The number of aromatic amines is 1. The van der Waals surface area contributed by atoms with Gasteiger partial charge in [-0.3, -0.25) is 0 Å². The van der Waals surface area contributed by atoms with Crippen LogP contribution < -0.4 is 5.32 Å². The second-order valence-corrected chi connectivity index (χ2v) is 5.04. The third-order valence-corrected chi connectivity index (χ3v) is 3.23. The van der Waals surface area contributed by atoms with Crippen molar-refractivity contribution in [1.82, 2.24) is 4.98 Å². The molecule has 0 unspecified atom stereocenters. The van der Waals surface area contributed by atoms with Crippen LogP contribution in [-0.4, -0.2) is 15.2 Å². The van der Waals surface area contributed by atoms with Crippen LogP contribution in [-0.2, 0) is 0 Å². The molecule has 3 rings (SSSR count). The first-order valence-electron chi connectivity index (χ1n) is 6.51. The monoisotopic (exact) mass is 332 g/mol. The minimum atomic E-state index is -0.435. The van der Waals surface area contributed by atoms with Crippen LogP contribution in [0.5, 0.6) is 5.88 Å². The minimum Gasteiger partial charge on any atom is -0.493 e. The lowest BCUT2D eigenvalue weighted by molar-refractivity contribution is 0.459. The van der Waals surface area contributed by atoms with Crippen molar-refractivity contribution in [3.63, 3.8) is 0 Å². The van der Waals surface area contributed by atoms with Gasteiger partial charge in [0.25, 0.3) is 0 Å². The number of nitrogens with zero attached hydrogens (tertiary/aromatic N) is 2. The number of benzene rings is 2. The highest BCUT2D eigenvalue weighted by Crippen LogP contribution is 2.35. The van der Waals surface area contributed by atoms with Gasteiger partial charge in [-0.15, -0.1) is 10.2 Å². The van der Waals surface area contributed by atoms with E-state index in [1.807, 2.05) is 0 Å². The second kappa shape index (κ2) is 6.09. The number of halogens is 2. The van der Waals surface area contributed by atoms with Gasteiger partial charge in [-0.25, -0.2) is 8.78 Å². The maximum Gasteiger partial charge on any atom is 0.218 e. The summed E-state index contributed by atoms with van der Waals surface area (Å²) in [5, 5.41) is 20.8. The zero-order valence-corrected chi connectivity index (χ0v) is 12.4. The Hall–Kier alpha value is -2.87. The number of nitrogens with one attached hydrogen (secondary N) is 2. The Morgan fingerprint density at radius 3 is 2.52 bits per heavy atom. The third kappa shape index (κ3) is 3.32. The average molecular weight is 332 g/mol. The van der Waals surface area contributed by atoms with E-state index < -0.39 is 5.82 Å². The predicted octanol–water partition coefficient (Wildman–Crippen LogP) is 4.63. The maximum absolute atomic E-state index is 13.1. The number of azo groups is 1.